The van der Waals surface area contributed by atoms with Gasteiger partial charge in [0, 0.05) is 25.9 Å². The molecule has 0 aromatic rings. The molecule has 6 nitrogen and oxygen atoms in total. The van der Waals surface area contributed by atoms with E-state index >= 15 is 0 Å². The van der Waals surface area contributed by atoms with Crippen molar-refractivity contribution >= 4 is 15.9 Å². The van der Waals surface area contributed by atoms with Gasteiger partial charge >= 0.3 is 6.03 Å². The molecular formula is C10H20N2O4S. The molecular weight excluding hydrogens is 244 g/mol. The van der Waals surface area contributed by atoms with Crippen molar-refractivity contribution in [2.24, 2.45) is 0 Å². The maximum Gasteiger partial charge on any atom is 0.317 e. The van der Waals surface area contributed by atoms with Gasteiger partial charge in [-0.1, -0.05) is 0 Å². The number of nitrogens with zero attached hydrogens (tertiary/aromatic N) is 1. The predicted molar refractivity (Wildman–Crippen MR) is 64.7 cm³/mol. The molecule has 1 rings (SSSR count). The van der Waals surface area contributed by atoms with E-state index in [2.05, 4.69) is 5.32 Å². The molecule has 1 heterocycles. The molecule has 0 saturated carbocycles. The number of amides is 2. The third-order valence-corrected chi connectivity index (χ3v) is 3.53. The van der Waals surface area contributed by atoms with Gasteiger partial charge in [0.15, 0.2) is 0 Å². The molecule has 0 spiro atoms. The molecule has 0 aliphatic carbocycles. The Morgan fingerprint density at radius 1 is 1.53 bits per heavy atom. The average molecular weight is 264 g/mol. The molecule has 7 heteroatoms. The quantitative estimate of drug-likeness (QED) is 0.717. The van der Waals surface area contributed by atoms with Crippen molar-refractivity contribution in [3.63, 3.8) is 0 Å². The average Bonchev–Trinajstić information content (AvgIpc) is 2.23. The van der Waals surface area contributed by atoms with Crippen molar-refractivity contribution in [1.29, 1.82) is 0 Å². The fourth-order valence-corrected chi connectivity index (χ4v) is 2.31. The van der Waals surface area contributed by atoms with Crippen LogP contribution in [0.4, 0.5) is 4.79 Å². The Morgan fingerprint density at radius 3 is 2.82 bits per heavy atom. The van der Waals surface area contributed by atoms with E-state index in [4.69, 9.17) is 4.74 Å². The number of nitrogens with one attached hydrogen (secondary N) is 1. The summed E-state index contributed by atoms with van der Waals surface area (Å²) in [7, 11) is -2.94. The van der Waals surface area contributed by atoms with Crippen LogP contribution in [0.25, 0.3) is 0 Å². The van der Waals surface area contributed by atoms with Gasteiger partial charge in [-0.3, -0.25) is 0 Å². The number of urea groups is 1. The van der Waals surface area contributed by atoms with Crippen LogP contribution in [0, 0.1) is 0 Å². The summed E-state index contributed by atoms with van der Waals surface area (Å²) in [4.78, 5) is 13.4. The maximum absolute atomic E-state index is 11.7. The number of morpholine rings is 1. The van der Waals surface area contributed by atoms with Crippen molar-refractivity contribution in [2.75, 3.05) is 38.2 Å². The molecule has 0 radical (unpaired) electrons. The zero-order valence-electron chi connectivity index (χ0n) is 10.3. The summed E-state index contributed by atoms with van der Waals surface area (Å²) in [5.41, 5.74) is 0. The molecule has 1 aliphatic heterocycles. The van der Waals surface area contributed by atoms with Gasteiger partial charge in [0.2, 0.25) is 0 Å². The van der Waals surface area contributed by atoms with Gasteiger partial charge in [0.1, 0.15) is 9.84 Å². The standard InChI is InChI=1S/C10H20N2O4S/c1-9-8-12(5-6-16-9)10(13)11-4-3-7-17(2,14)15/h9H,3-8H2,1-2H3,(H,11,13). The van der Waals surface area contributed by atoms with E-state index in [1.807, 2.05) is 6.92 Å². The minimum Gasteiger partial charge on any atom is -0.375 e. The topological polar surface area (TPSA) is 75.7 Å². The van der Waals surface area contributed by atoms with E-state index in [-0.39, 0.29) is 17.9 Å². The Kier molecular flexibility index (Phi) is 5.20. The smallest absolute Gasteiger partial charge is 0.317 e. The third kappa shape index (κ3) is 5.88. The van der Waals surface area contributed by atoms with Gasteiger partial charge in [0.25, 0.3) is 0 Å². The highest BCUT2D eigenvalue weighted by molar-refractivity contribution is 7.90. The minimum absolute atomic E-state index is 0.0607. The first-order valence-electron chi connectivity index (χ1n) is 5.70. The van der Waals surface area contributed by atoms with Crippen molar-refractivity contribution in [2.45, 2.75) is 19.4 Å². The number of hydrogen-bond donors (Lipinski definition) is 1. The lowest BCUT2D eigenvalue weighted by Crippen LogP contribution is -2.49. The molecule has 17 heavy (non-hydrogen) atoms. The van der Waals surface area contributed by atoms with Crippen LogP contribution < -0.4 is 5.32 Å². The molecule has 1 aliphatic rings. The lowest BCUT2D eigenvalue weighted by Gasteiger charge is -2.31. The molecule has 1 saturated heterocycles. The number of rotatable bonds is 4. The molecule has 1 unspecified atom stereocenters. The van der Waals surface area contributed by atoms with Crippen LogP contribution in [0.3, 0.4) is 0 Å². The van der Waals surface area contributed by atoms with Crippen molar-refractivity contribution in [3.8, 4) is 0 Å². The number of hydrogen-bond acceptors (Lipinski definition) is 4. The van der Waals surface area contributed by atoms with E-state index in [0.29, 0.717) is 32.7 Å². The molecule has 0 aromatic carbocycles. The minimum atomic E-state index is -2.94. The van der Waals surface area contributed by atoms with Crippen LogP contribution in [-0.2, 0) is 14.6 Å². The van der Waals surface area contributed by atoms with E-state index in [0.717, 1.165) is 0 Å². The number of carbonyl (C=O) groups is 1. The van der Waals surface area contributed by atoms with Crippen LogP contribution in [0.2, 0.25) is 0 Å². The molecule has 0 bridgehead atoms. The van der Waals surface area contributed by atoms with Crippen LogP contribution in [-0.4, -0.2) is 63.7 Å². The summed E-state index contributed by atoms with van der Waals surface area (Å²) >= 11 is 0. The molecule has 1 atom stereocenters. The maximum atomic E-state index is 11.7. The van der Waals surface area contributed by atoms with Gasteiger partial charge < -0.3 is 15.0 Å². The number of carbonyl (C=O) groups excluding carboxylic acids is 1. The van der Waals surface area contributed by atoms with E-state index in [9.17, 15) is 13.2 Å². The highest BCUT2D eigenvalue weighted by Crippen LogP contribution is 2.04. The van der Waals surface area contributed by atoms with Crippen LogP contribution in [0.1, 0.15) is 13.3 Å². The zero-order valence-corrected chi connectivity index (χ0v) is 11.1. The van der Waals surface area contributed by atoms with E-state index in [1.54, 1.807) is 4.90 Å². The molecule has 2 amide bonds. The first-order valence-corrected chi connectivity index (χ1v) is 7.76. The Morgan fingerprint density at radius 2 is 2.24 bits per heavy atom. The zero-order chi connectivity index (χ0) is 12.9. The Hall–Kier alpha value is -0.820. The van der Waals surface area contributed by atoms with Gasteiger partial charge in [-0.05, 0) is 13.3 Å². The monoisotopic (exact) mass is 264 g/mol. The summed E-state index contributed by atoms with van der Waals surface area (Å²) in [5.74, 6) is 0.104. The van der Waals surface area contributed by atoms with Crippen LogP contribution >= 0.6 is 0 Å². The normalized spacial score (nSPS) is 21.3. The van der Waals surface area contributed by atoms with Crippen molar-refractivity contribution in [3.05, 3.63) is 0 Å². The highest BCUT2D eigenvalue weighted by Gasteiger charge is 2.20. The first kappa shape index (κ1) is 14.2. The van der Waals surface area contributed by atoms with E-state index in [1.165, 1.54) is 6.26 Å². The lowest BCUT2D eigenvalue weighted by molar-refractivity contribution is -0.00343. The first-order chi connectivity index (χ1) is 7.88. The van der Waals surface area contributed by atoms with E-state index < -0.39 is 9.84 Å². The summed E-state index contributed by atoms with van der Waals surface area (Å²) < 4.78 is 27.1. The molecule has 1 fully saturated rings. The predicted octanol–water partition coefficient (Wildman–Crippen LogP) is -0.149. The van der Waals surface area contributed by atoms with Gasteiger partial charge in [0.05, 0.1) is 18.5 Å². The van der Waals surface area contributed by atoms with Crippen molar-refractivity contribution < 1.29 is 17.9 Å². The Bertz CT molecular complexity index is 355. The summed E-state index contributed by atoms with van der Waals surface area (Å²) in [6, 6.07) is -0.145. The Labute approximate surface area is 102 Å². The van der Waals surface area contributed by atoms with Gasteiger partial charge in [-0.15, -0.1) is 0 Å². The SMILES string of the molecule is CC1CN(C(=O)NCCCS(C)(=O)=O)CCO1. The van der Waals surface area contributed by atoms with Gasteiger partial charge in [-0.2, -0.15) is 0 Å². The highest BCUT2D eigenvalue weighted by atomic mass is 32.2. The lowest BCUT2D eigenvalue weighted by atomic mass is 10.3. The second kappa shape index (κ2) is 6.20. The summed E-state index contributed by atoms with van der Waals surface area (Å²) in [6.07, 6.45) is 1.70. The Balaban J connectivity index is 2.20. The summed E-state index contributed by atoms with van der Waals surface area (Å²) in [5, 5.41) is 2.71. The fraction of sp³-hybridized carbons (Fsp3) is 0.900. The second-order valence-corrected chi connectivity index (χ2v) is 6.60. The van der Waals surface area contributed by atoms with Gasteiger partial charge in [-0.25, -0.2) is 13.2 Å². The largest absolute Gasteiger partial charge is 0.375 e. The second-order valence-electron chi connectivity index (χ2n) is 4.34. The number of sulfone groups is 1. The summed E-state index contributed by atoms with van der Waals surface area (Å²) in [6.45, 7) is 4.03. The van der Waals surface area contributed by atoms with Crippen LogP contribution in [0.15, 0.2) is 0 Å². The fourth-order valence-electron chi connectivity index (χ4n) is 1.64. The molecule has 100 valence electrons. The van der Waals surface area contributed by atoms with Crippen molar-refractivity contribution in [1.82, 2.24) is 10.2 Å². The molecule has 1 N–H and O–H groups in total. The number of ether oxygens (including phenoxy) is 1. The molecule has 0 aromatic heterocycles. The third-order valence-electron chi connectivity index (χ3n) is 2.50. The van der Waals surface area contributed by atoms with Crippen LogP contribution in [0.5, 0.6) is 0 Å².